The highest BCUT2D eigenvalue weighted by Crippen LogP contribution is 2.31. The van der Waals surface area contributed by atoms with E-state index in [1.807, 2.05) is 54.6 Å². The van der Waals surface area contributed by atoms with Gasteiger partial charge in [-0.05, 0) is 41.0 Å². The molecule has 3 aromatic rings. The number of rotatable bonds is 6. The Balaban J connectivity index is 1.79. The molecule has 0 saturated heterocycles. The van der Waals surface area contributed by atoms with Gasteiger partial charge in [0.25, 0.3) is 0 Å². The molecule has 0 aliphatic rings. The Hall–Kier alpha value is -3.08. The van der Waals surface area contributed by atoms with E-state index in [0.29, 0.717) is 12.4 Å². The zero-order valence-electron chi connectivity index (χ0n) is 13.4. The molecule has 0 bridgehead atoms. The van der Waals surface area contributed by atoms with Gasteiger partial charge in [0.05, 0.1) is 5.69 Å². The van der Waals surface area contributed by atoms with Crippen molar-refractivity contribution >= 4 is 5.69 Å². The van der Waals surface area contributed by atoms with Gasteiger partial charge in [-0.15, -0.1) is 0 Å². The molecule has 25 heavy (non-hydrogen) atoms. The quantitative estimate of drug-likeness (QED) is 0.633. The van der Waals surface area contributed by atoms with Gasteiger partial charge in [0.15, 0.2) is 0 Å². The summed E-state index contributed by atoms with van der Waals surface area (Å²) in [5, 5.41) is 0. The lowest BCUT2D eigenvalue weighted by atomic mass is 10.0. The Kier molecular flexibility index (Phi) is 5.14. The van der Waals surface area contributed by atoms with Crippen LogP contribution in [0.2, 0.25) is 0 Å². The van der Waals surface area contributed by atoms with Crippen LogP contribution in [0.25, 0.3) is 11.1 Å². The van der Waals surface area contributed by atoms with Crippen LogP contribution in [0.1, 0.15) is 5.56 Å². The first-order valence-corrected chi connectivity index (χ1v) is 7.73. The standard InChI is InChI=1S/C20H17F2NO2/c21-20(22)25-19-12-16(9-10-18(19)23)15-7-4-8-17(11-15)24-13-14-5-2-1-3-6-14/h1-12,20H,13,23H2. The van der Waals surface area contributed by atoms with E-state index in [9.17, 15) is 8.78 Å². The number of ether oxygens (including phenoxy) is 2. The molecule has 0 atom stereocenters. The third kappa shape index (κ3) is 4.47. The molecule has 0 heterocycles. The molecule has 0 fully saturated rings. The lowest BCUT2D eigenvalue weighted by Crippen LogP contribution is -2.04. The van der Waals surface area contributed by atoms with Gasteiger partial charge in [-0.25, -0.2) is 0 Å². The van der Waals surface area contributed by atoms with Crippen LogP contribution in [0.15, 0.2) is 72.8 Å². The summed E-state index contributed by atoms with van der Waals surface area (Å²) in [6, 6.07) is 22.0. The molecule has 0 aliphatic heterocycles. The summed E-state index contributed by atoms with van der Waals surface area (Å²) < 4.78 is 35.2. The van der Waals surface area contributed by atoms with Crippen LogP contribution in [-0.2, 0) is 6.61 Å². The summed E-state index contributed by atoms with van der Waals surface area (Å²) in [7, 11) is 0. The first-order valence-electron chi connectivity index (χ1n) is 7.73. The van der Waals surface area contributed by atoms with Crippen molar-refractivity contribution in [2.24, 2.45) is 0 Å². The Bertz CT molecular complexity index is 838. The first-order chi connectivity index (χ1) is 12.1. The third-order valence-electron chi connectivity index (χ3n) is 3.65. The fourth-order valence-electron chi connectivity index (χ4n) is 2.42. The van der Waals surface area contributed by atoms with Crippen LogP contribution in [0.3, 0.4) is 0 Å². The number of hydrogen-bond donors (Lipinski definition) is 1. The Morgan fingerprint density at radius 3 is 2.36 bits per heavy atom. The molecule has 128 valence electrons. The molecular formula is C20H17F2NO2. The maximum absolute atomic E-state index is 12.5. The number of hydrogen-bond acceptors (Lipinski definition) is 3. The number of halogens is 2. The summed E-state index contributed by atoms with van der Waals surface area (Å²) in [5.41, 5.74) is 8.45. The lowest BCUT2D eigenvalue weighted by Gasteiger charge is -2.11. The SMILES string of the molecule is Nc1ccc(-c2cccc(OCc3ccccc3)c2)cc1OC(F)F. The summed E-state index contributed by atoms with van der Waals surface area (Å²) >= 11 is 0. The number of benzene rings is 3. The number of nitrogens with two attached hydrogens (primary N) is 1. The maximum atomic E-state index is 12.5. The molecule has 5 heteroatoms. The van der Waals surface area contributed by atoms with Crippen LogP contribution < -0.4 is 15.2 Å². The molecule has 0 amide bonds. The van der Waals surface area contributed by atoms with Crippen molar-refractivity contribution in [2.45, 2.75) is 13.2 Å². The Morgan fingerprint density at radius 1 is 0.840 bits per heavy atom. The molecule has 3 rings (SSSR count). The Labute approximate surface area is 144 Å². The second kappa shape index (κ2) is 7.66. The van der Waals surface area contributed by atoms with E-state index in [2.05, 4.69) is 4.74 Å². The minimum absolute atomic E-state index is 0.0388. The predicted octanol–water partition coefficient (Wildman–Crippen LogP) is 5.12. The number of alkyl halides is 2. The van der Waals surface area contributed by atoms with Crippen molar-refractivity contribution in [3.05, 3.63) is 78.4 Å². The van der Waals surface area contributed by atoms with E-state index < -0.39 is 6.61 Å². The molecule has 0 aromatic heterocycles. The second-order valence-corrected chi connectivity index (χ2v) is 5.43. The minimum Gasteiger partial charge on any atom is -0.489 e. The second-order valence-electron chi connectivity index (χ2n) is 5.43. The predicted molar refractivity (Wildman–Crippen MR) is 93.7 cm³/mol. The van der Waals surface area contributed by atoms with Crippen LogP contribution in [0, 0.1) is 0 Å². The van der Waals surface area contributed by atoms with E-state index in [4.69, 9.17) is 10.5 Å². The average Bonchev–Trinajstić information content (AvgIpc) is 2.62. The van der Waals surface area contributed by atoms with Gasteiger partial charge >= 0.3 is 6.61 Å². The largest absolute Gasteiger partial charge is 0.489 e. The molecule has 3 nitrogen and oxygen atoms in total. The smallest absolute Gasteiger partial charge is 0.387 e. The van der Waals surface area contributed by atoms with Gasteiger partial charge in [0.2, 0.25) is 0 Å². The zero-order valence-corrected chi connectivity index (χ0v) is 13.4. The molecule has 0 radical (unpaired) electrons. The van der Waals surface area contributed by atoms with Crippen LogP contribution >= 0.6 is 0 Å². The maximum Gasteiger partial charge on any atom is 0.387 e. The summed E-state index contributed by atoms with van der Waals surface area (Å²) in [4.78, 5) is 0. The van der Waals surface area contributed by atoms with E-state index >= 15 is 0 Å². The molecule has 0 spiro atoms. The van der Waals surface area contributed by atoms with E-state index in [1.165, 1.54) is 6.07 Å². The fraction of sp³-hybridized carbons (Fsp3) is 0.100. The highest BCUT2D eigenvalue weighted by molar-refractivity contribution is 5.70. The first kappa shape index (κ1) is 16.8. The minimum atomic E-state index is -2.92. The van der Waals surface area contributed by atoms with Crippen molar-refractivity contribution < 1.29 is 18.3 Å². The van der Waals surface area contributed by atoms with Gasteiger partial charge in [-0.1, -0.05) is 48.5 Å². The molecule has 0 saturated carbocycles. The van der Waals surface area contributed by atoms with Crippen LogP contribution in [-0.4, -0.2) is 6.61 Å². The van der Waals surface area contributed by atoms with E-state index in [-0.39, 0.29) is 11.4 Å². The topological polar surface area (TPSA) is 44.5 Å². The average molecular weight is 341 g/mol. The van der Waals surface area contributed by atoms with Gasteiger partial charge < -0.3 is 15.2 Å². The van der Waals surface area contributed by atoms with Gasteiger partial charge in [-0.3, -0.25) is 0 Å². The molecule has 2 N–H and O–H groups in total. The monoisotopic (exact) mass is 341 g/mol. The van der Waals surface area contributed by atoms with Crippen molar-refractivity contribution in [3.63, 3.8) is 0 Å². The van der Waals surface area contributed by atoms with Gasteiger partial charge in [0, 0.05) is 0 Å². The molecule has 3 aromatic carbocycles. The number of anilines is 1. The highest BCUT2D eigenvalue weighted by Gasteiger charge is 2.10. The Morgan fingerprint density at radius 2 is 1.60 bits per heavy atom. The van der Waals surface area contributed by atoms with Crippen molar-refractivity contribution in [1.29, 1.82) is 0 Å². The van der Waals surface area contributed by atoms with Crippen molar-refractivity contribution in [3.8, 4) is 22.6 Å². The molecule has 0 unspecified atom stereocenters. The fourth-order valence-corrected chi connectivity index (χ4v) is 2.42. The summed E-state index contributed by atoms with van der Waals surface area (Å²) in [5.74, 6) is 0.651. The summed E-state index contributed by atoms with van der Waals surface area (Å²) in [6.45, 7) is -2.47. The van der Waals surface area contributed by atoms with Crippen molar-refractivity contribution in [1.82, 2.24) is 0 Å². The van der Waals surface area contributed by atoms with Gasteiger partial charge in [-0.2, -0.15) is 8.78 Å². The van der Waals surface area contributed by atoms with Crippen LogP contribution in [0.5, 0.6) is 11.5 Å². The zero-order chi connectivity index (χ0) is 17.6. The van der Waals surface area contributed by atoms with E-state index in [0.717, 1.165) is 16.7 Å². The van der Waals surface area contributed by atoms with Crippen molar-refractivity contribution in [2.75, 3.05) is 5.73 Å². The lowest BCUT2D eigenvalue weighted by molar-refractivity contribution is -0.0492. The molecule has 0 aliphatic carbocycles. The highest BCUT2D eigenvalue weighted by atomic mass is 19.3. The normalized spacial score (nSPS) is 10.7. The third-order valence-corrected chi connectivity index (χ3v) is 3.65. The molecular weight excluding hydrogens is 324 g/mol. The van der Waals surface area contributed by atoms with Gasteiger partial charge in [0.1, 0.15) is 18.1 Å². The number of nitrogen functional groups attached to an aromatic ring is 1. The summed E-state index contributed by atoms with van der Waals surface area (Å²) in [6.07, 6.45) is 0. The van der Waals surface area contributed by atoms with E-state index in [1.54, 1.807) is 12.1 Å². The van der Waals surface area contributed by atoms with Crippen LogP contribution in [0.4, 0.5) is 14.5 Å².